The predicted molar refractivity (Wildman–Crippen MR) is 75.7 cm³/mol. The number of hydrogen-bond acceptors (Lipinski definition) is 6. The van der Waals surface area contributed by atoms with E-state index in [2.05, 4.69) is 9.47 Å². The summed E-state index contributed by atoms with van der Waals surface area (Å²) in [6, 6.07) is 0. The molecule has 0 bridgehead atoms. The number of carbonyl (C=O) groups excluding carboxylic acids is 2. The fourth-order valence-corrected chi connectivity index (χ4v) is 2.07. The highest BCUT2D eigenvalue weighted by Gasteiger charge is 2.13. The van der Waals surface area contributed by atoms with Crippen LogP contribution >= 0.6 is 0 Å². The maximum atomic E-state index is 11.3. The highest BCUT2D eigenvalue weighted by atomic mass is 16.7. The minimum atomic E-state index is -0.914. The van der Waals surface area contributed by atoms with Crippen LogP contribution in [0, 0.1) is 0 Å². The van der Waals surface area contributed by atoms with Crippen LogP contribution in [0.3, 0.4) is 0 Å². The minimum absolute atomic E-state index is 0.0293. The maximum absolute atomic E-state index is 11.3. The fraction of sp³-hybridized carbons (Fsp3) is 0.867. The summed E-state index contributed by atoms with van der Waals surface area (Å²) in [7, 11) is 0. The Balaban J connectivity index is 1.87. The van der Waals surface area contributed by atoms with Crippen molar-refractivity contribution in [1.82, 2.24) is 0 Å². The van der Waals surface area contributed by atoms with Crippen LogP contribution in [0.15, 0.2) is 0 Å². The van der Waals surface area contributed by atoms with E-state index in [0.29, 0.717) is 13.0 Å². The predicted octanol–water partition coefficient (Wildman–Crippen LogP) is 3.18. The van der Waals surface area contributed by atoms with Gasteiger partial charge in [0.25, 0.3) is 0 Å². The standard InChI is InChI=1S/C15H26O6/c1-2-18-15(17)21-13(16)9-5-3-4-7-11-19-14-10-6-8-12-20-14/h14H,2-12H2,1H3. The SMILES string of the molecule is CCOC(=O)OC(=O)CCCCCCOC1CCCCO1. The van der Waals surface area contributed by atoms with Gasteiger partial charge in [-0.3, -0.25) is 4.79 Å². The molecule has 1 saturated heterocycles. The monoisotopic (exact) mass is 302 g/mol. The van der Waals surface area contributed by atoms with Gasteiger partial charge in [-0.15, -0.1) is 0 Å². The van der Waals surface area contributed by atoms with E-state index in [-0.39, 0.29) is 19.3 Å². The molecule has 0 aromatic carbocycles. The van der Waals surface area contributed by atoms with Crippen molar-refractivity contribution in [3.8, 4) is 0 Å². The molecule has 1 atom stereocenters. The molecule has 0 N–H and O–H groups in total. The van der Waals surface area contributed by atoms with Gasteiger partial charge in [0.2, 0.25) is 0 Å². The molecule has 6 heteroatoms. The first-order valence-electron chi connectivity index (χ1n) is 7.83. The van der Waals surface area contributed by atoms with Crippen LogP contribution in [0.25, 0.3) is 0 Å². The van der Waals surface area contributed by atoms with Crippen molar-refractivity contribution in [2.45, 2.75) is 64.6 Å². The van der Waals surface area contributed by atoms with Gasteiger partial charge in [0.05, 0.1) is 6.61 Å². The van der Waals surface area contributed by atoms with Gasteiger partial charge in [-0.2, -0.15) is 0 Å². The van der Waals surface area contributed by atoms with Crippen molar-refractivity contribution in [3.05, 3.63) is 0 Å². The molecule has 21 heavy (non-hydrogen) atoms. The van der Waals surface area contributed by atoms with Crippen LogP contribution < -0.4 is 0 Å². The van der Waals surface area contributed by atoms with E-state index in [1.165, 1.54) is 6.42 Å². The maximum Gasteiger partial charge on any atom is 0.516 e. The lowest BCUT2D eigenvalue weighted by Gasteiger charge is -2.22. The molecule has 122 valence electrons. The van der Waals surface area contributed by atoms with Crippen molar-refractivity contribution < 1.29 is 28.5 Å². The van der Waals surface area contributed by atoms with Gasteiger partial charge in [0, 0.05) is 19.6 Å². The summed E-state index contributed by atoms with van der Waals surface area (Å²) in [5.74, 6) is -0.527. The van der Waals surface area contributed by atoms with Gasteiger partial charge < -0.3 is 18.9 Å². The van der Waals surface area contributed by atoms with Gasteiger partial charge in [0.15, 0.2) is 6.29 Å². The van der Waals surface area contributed by atoms with Crippen LogP contribution in [0.4, 0.5) is 4.79 Å². The van der Waals surface area contributed by atoms with Crippen molar-refractivity contribution in [1.29, 1.82) is 0 Å². The average molecular weight is 302 g/mol. The summed E-state index contributed by atoms with van der Waals surface area (Å²) in [4.78, 5) is 22.1. The van der Waals surface area contributed by atoms with Crippen molar-refractivity contribution in [2.24, 2.45) is 0 Å². The Morgan fingerprint density at radius 2 is 1.95 bits per heavy atom. The lowest BCUT2D eigenvalue weighted by atomic mass is 10.1. The molecular formula is C15H26O6. The second kappa shape index (κ2) is 11.5. The lowest BCUT2D eigenvalue weighted by Crippen LogP contribution is -2.22. The Kier molecular flexibility index (Phi) is 9.82. The molecule has 1 rings (SSSR count). The number of hydrogen-bond donors (Lipinski definition) is 0. The lowest BCUT2D eigenvalue weighted by molar-refractivity contribution is -0.162. The Morgan fingerprint density at radius 1 is 1.14 bits per heavy atom. The summed E-state index contributed by atoms with van der Waals surface area (Å²) >= 11 is 0. The second-order valence-electron chi connectivity index (χ2n) is 4.99. The number of ether oxygens (including phenoxy) is 4. The molecule has 1 aliphatic rings. The van der Waals surface area contributed by atoms with Gasteiger partial charge in [-0.1, -0.05) is 12.8 Å². The Morgan fingerprint density at radius 3 is 2.67 bits per heavy atom. The Bertz CT molecular complexity index is 299. The van der Waals surface area contributed by atoms with Crippen LogP contribution in [0.1, 0.15) is 58.3 Å². The van der Waals surface area contributed by atoms with E-state index in [0.717, 1.165) is 38.7 Å². The number of carbonyl (C=O) groups is 2. The molecular weight excluding hydrogens is 276 g/mol. The molecule has 0 saturated carbocycles. The van der Waals surface area contributed by atoms with E-state index in [1.54, 1.807) is 6.92 Å². The molecule has 0 amide bonds. The third-order valence-corrected chi connectivity index (χ3v) is 3.18. The topological polar surface area (TPSA) is 71.1 Å². The van der Waals surface area contributed by atoms with E-state index in [4.69, 9.17) is 9.47 Å². The molecule has 0 aliphatic carbocycles. The first-order valence-corrected chi connectivity index (χ1v) is 7.83. The second-order valence-corrected chi connectivity index (χ2v) is 4.99. The van der Waals surface area contributed by atoms with Gasteiger partial charge in [0.1, 0.15) is 0 Å². The van der Waals surface area contributed by atoms with Gasteiger partial charge in [-0.25, -0.2) is 4.79 Å². The number of unbranched alkanes of at least 4 members (excludes halogenated alkanes) is 3. The highest BCUT2D eigenvalue weighted by molar-refractivity contribution is 5.81. The third kappa shape index (κ3) is 9.42. The zero-order valence-corrected chi connectivity index (χ0v) is 12.8. The normalized spacial score (nSPS) is 18.2. The van der Waals surface area contributed by atoms with E-state index in [9.17, 15) is 9.59 Å². The van der Waals surface area contributed by atoms with Crippen LogP contribution in [0.2, 0.25) is 0 Å². The van der Waals surface area contributed by atoms with Gasteiger partial charge in [-0.05, 0) is 39.0 Å². The Hall–Kier alpha value is -1.14. The number of rotatable bonds is 9. The zero-order valence-electron chi connectivity index (χ0n) is 12.8. The molecule has 1 aliphatic heterocycles. The summed E-state index contributed by atoms with van der Waals surface area (Å²) in [5, 5.41) is 0. The molecule has 0 aromatic heterocycles. The zero-order chi connectivity index (χ0) is 15.3. The molecule has 1 heterocycles. The van der Waals surface area contributed by atoms with E-state index < -0.39 is 12.1 Å². The molecule has 0 aromatic rings. The molecule has 0 spiro atoms. The smallest absolute Gasteiger partial charge is 0.434 e. The molecule has 0 radical (unpaired) electrons. The van der Waals surface area contributed by atoms with Crippen molar-refractivity contribution in [3.63, 3.8) is 0 Å². The van der Waals surface area contributed by atoms with Crippen molar-refractivity contribution in [2.75, 3.05) is 19.8 Å². The summed E-state index contributed by atoms with van der Waals surface area (Å²) < 4.78 is 20.1. The van der Waals surface area contributed by atoms with Crippen LogP contribution in [0.5, 0.6) is 0 Å². The summed E-state index contributed by atoms with van der Waals surface area (Å²) in [6.07, 6.45) is 6.14. The van der Waals surface area contributed by atoms with Crippen LogP contribution in [-0.2, 0) is 23.7 Å². The molecule has 6 nitrogen and oxygen atoms in total. The van der Waals surface area contributed by atoms with Crippen LogP contribution in [-0.4, -0.2) is 38.2 Å². The largest absolute Gasteiger partial charge is 0.516 e. The van der Waals surface area contributed by atoms with E-state index >= 15 is 0 Å². The van der Waals surface area contributed by atoms with E-state index in [1.807, 2.05) is 0 Å². The number of esters is 1. The average Bonchev–Trinajstić information content (AvgIpc) is 2.47. The highest BCUT2D eigenvalue weighted by Crippen LogP contribution is 2.14. The minimum Gasteiger partial charge on any atom is -0.434 e. The Labute approximate surface area is 126 Å². The first kappa shape index (κ1) is 17.9. The quantitative estimate of drug-likeness (QED) is 0.370. The third-order valence-electron chi connectivity index (χ3n) is 3.18. The first-order chi connectivity index (χ1) is 10.2. The van der Waals surface area contributed by atoms with Gasteiger partial charge >= 0.3 is 12.1 Å². The fourth-order valence-electron chi connectivity index (χ4n) is 2.07. The molecule has 1 fully saturated rings. The summed E-state index contributed by atoms with van der Waals surface area (Å²) in [5.41, 5.74) is 0. The molecule has 1 unspecified atom stereocenters. The summed E-state index contributed by atoms with van der Waals surface area (Å²) in [6.45, 7) is 3.36. The van der Waals surface area contributed by atoms with Crippen molar-refractivity contribution >= 4 is 12.1 Å².